The molecule has 0 radical (unpaired) electrons. The van der Waals surface area contributed by atoms with Gasteiger partial charge in [0.2, 0.25) is 11.1 Å². The number of anilines is 3. The van der Waals surface area contributed by atoms with Crippen LogP contribution in [-0.2, 0) is 0 Å². The fraction of sp³-hybridized carbons (Fsp3) is 0.667. The minimum atomic E-state index is 0.690. The second-order valence-corrected chi connectivity index (χ2v) is 8.52. The van der Waals surface area contributed by atoms with E-state index < -0.39 is 0 Å². The molecule has 0 spiro atoms. The first-order valence-electron chi connectivity index (χ1n) is 9.70. The van der Waals surface area contributed by atoms with Crippen molar-refractivity contribution in [2.24, 2.45) is 0 Å². The SMILES string of the molecule is Cc1cc(N2CCN(c3nnc(C4CC4)s3)CC2)nc(N2CCCC2)n1. The van der Waals surface area contributed by atoms with Crippen LogP contribution in [0.2, 0.25) is 0 Å². The predicted molar refractivity (Wildman–Crippen MR) is 105 cm³/mol. The molecule has 138 valence electrons. The first-order chi connectivity index (χ1) is 12.8. The third-order valence-electron chi connectivity index (χ3n) is 5.45. The largest absolute Gasteiger partial charge is 0.353 e. The summed E-state index contributed by atoms with van der Waals surface area (Å²) in [6, 6.07) is 2.12. The molecule has 26 heavy (non-hydrogen) atoms. The lowest BCUT2D eigenvalue weighted by Crippen LogP contribution is -2.47. The smallest absolute Gasteiger partial charge is 0.227 e. The van der Waals surface area contributed by atoms with Crippen LogP contribution >= 0.6 is 11.3 Å². The minimum absolute atomic E-state index is 0.690. The van der Waals surface area contributed by atoms with Crippen LogP contribution in [0, 0.1) is 6.92 Å². The monoisotopic (exact) mass is 371 g/mol. The van der Waals surface area contributed by atoms with Crippen molar-refractivity contribution in [1.82, 2.24) is 20.2 Å². The molecule has 8 heteroatoms. The quantitative estimate of drug-likeness (QED) is 0.818. The van der Waals surface area contributed by atoms with E-state index in [1.54, 1.807) is 11.3 Å². The van der Waals surface area contributed by atoms with Gasteiger partial charge in [0, 0.05) is 56.9 Å². The van der Waals surface area contributed by atoms with Crippen molar-refractivity contribution in [1.29, 1.82) is 0 Å². The van der Waals surface area contributed by atoms with E-state index >= 15 is 0 Å². The highest BCUT2D eigenvalue weighted by Gasteiger charge is 2.29. The van der Waals surface area contributed by atoms with E-state index in [0.29, 0.717) is 5.92 Å². The summed E-state index contributed by atoms with van der Waals surface area (Å²) in [6.45, 7) is 8.11. The third-order valence-corrected chi connectivity index (χ3v) is 6.60. The molecule has 1 aliphatic carbocycles. The fourth-order valence-electron chi connectivity index (χ4n) is 3.73. The molecular weight excluding hydrogens is 346 g/mol. The molecule has 2 saturated heterocycles. The summed E-state index contributed by atoms with van der Waals surface area (Å²) in [5.41, 5.74) is 1.05. The average Bonchev–Trinajstić information content (AvgIpc) is 3.17. The molecule has 7 nitrogen and oxygen atoms in total. The highest BCUT2D eigenvalue weighted by Crippen LogP contribution is 2.42. The standard InChI is InChI=1S/C18H25N7S/c1-13-12-15(20-17(19-13)24-6-2-3-7-24)23-8-10-25(11-9-23)18-22-21-16(26-18)14-4-5-14/h12,14H,2-11H2,1H3. The van der Waals surface area contributed by atoms with E-state index in [1.807, 2.05) is 0 Å². The highest BCUT2D eigenvalue weighted by molar-refractivity contribution is 7.15. The maximum atomic E-state index is 4.87. The number of nitrogens with zero attached hydrogens (tertiary/aromatic N) is 7. The maximum Gasteiger partial charge on any atom is 0.227 e. The van der Waals surface area contributed by atoms with Crippen LogP contribution < -0.4 is 14.7 Å². The van der Waals surface area contributed by atoms with Gasteiger partial charge >= 0.3 is 0 Å². The lowest BCUT2D eigenvalue weighted by Gasteiger charge is -2.35. The Morgan fingerprint density at radius 2 is 1.62 bits per heavy atom. The molecule has 2 aromatic rings. The molecule has 1 saturated carbocycles. The zero-order valence-corrected chi connectivity index (χ0v) is 16.1. The summed E-state index contributed by atoms with van der Waals surface area (Å²) in [6.07, 6.45) is 5.07. The first kappa shape index (κ1) is 16.2. The van der Waals surface area contributed by atoms with Crippen LogP contribution in [0.5, 0.6) is 0 Å². The van der Waals surface area contributed by atoms with E-state index in [0.717, 1.165) is 61.9 Å². The zero-order valence-electron chi connectivity index (χ0n) is 15.3. The van der Waals surface area contributed by atoms with Crippen LogP contribution in [0.15, 0.2) is 6.07 Å². The van der Waals surface area contributed by atoms with Gasteiger partial charge in [0.1, 0.15) is 10.8 Å². The van der Waals surface area contributed by atoms with Crippen molar-refractivity contribution in [3.05, 3.63) is 16.8 Å². The molecule has 0 aromatic carbocycles. The molecule has 2 aromatic heterocycles. The average molecular weight is 372 g/mol. The van der Waals surface area contributed by atoms with Crippen LogP contribution in [0.25, 0.3) is 0 Å². The number of hydrogen-bond donors (Lipinski definition) is 0. The van der Waals surface area contributed by atoms with Gasteiger partial charge < -0.3 is 14.7 Å². The Labute approximate surface area is 158 Å². The molecule has 0 amide bonds. The number of piperazine rings is 1. The van der Waals surface area contributed by atoms with Crippen LogP contribution in [-0.4, -0.2) is 59.4 Å². The van der Waals surface area contributed by atoms with Crippen molar-refractivity contribution in [3.63, 3.8) is 0 Å². The van der Waals surface area contributed by atoms with Gasteiger partial charge in [-0.1, -0.05) is 11.3 Å². The third kappa shape index (κ3) is 3.22. The van der Waals surface area contributed by atoms with Crippen LogP contribution in [0.4, 0.5) is 16.9 Å². The van der Waals surface area contributed by atoms with E-state index in [2.05, 4.69) is 42.9 Å². The molecule has 3 aliphatic rings. The van der Waals surface area contributed by atoms with Gasteiger partial charge in [0.05, 0.1) is 0 Å². The van der Waals surface area contributed by atoms with Gasteiger partial charge in [-0.15, -0.1) is 10.2 Å². The number of aromatic nitrogens is 4. The lowest BCUT2D eigenvalue weighted by molar-refractivity contribution is 0.642. The highest BCUT2D eigenvalue weighted by atomic mass is 32.1. The van der Waals surface area contributed by atoms with Gasteiger partial charge in [-0.2, -0.15) is 4.98 Å². The normalized spacial score (nSPS) is 20.9. The summed E-state index contributed by atoms with van der Waals surface area (Å²) in [5, 5.41) is 11.1. The van der Waals surface area contributed by atoms with Crippen molar-refractivity contribution < 1.29 is 0 Å². The number of aryl methyl sites for hydroxylation is 1. The zero-order chi connectivity index (χ0) is 17.5. The fourth-order valence-corrected chi connectivity index (χ4v) is 4.80. The molecule has 4 heterocycles. The summed E-state index contributed by atoms with van der Waals surface area (Å²) in [7, 11) is 0. The second-order valence-electron chi connectivity index (χ2n) is 7.53. The Balaban J connectivity index is 1.27. The van der Waals surface area contributed by atoms with Crippen molar-refractivity contribution in [2.45, 2.75) is 38.5 Å². The summed E-state index contributed by atoms with van der Waals surface area (Å²) >= 11 is 1.78. The predicted octanol–water partition coefficient (Wildman–Crippen LogP) is 2.44. The first-order valence-corrected chi connectivity index (χ1v) is 10.5. The summed E-state index contributed by atoms with van der Waals surface area (Å²) in [4.78, 5) is 16.6. The molecule has 0 atom stereocenters. The number of hydrogen-bond acceptors (Lipinski definition) is 8. The Morgan fingerprint density at radius 1 is 0.885 bits per heavy atom. The second kappa shape index (κ2) is 6.64. The Morgan fingerprint density at radius 3 is 2.35 bits per heavy atom. The molecule has 0 N–H and O–H groups in total. The van der Waals surface area contributed by atoms with E-state index in [1.165, 1.54) is 30.7 Å². The molecule has 0 bridgehead atoms. The van der Waals surface area contributed by atoms with Crippen LogP contribution in [0.3, 0.4) is 0 Å². The summed E-state index contributed by atoms with van der Waals surface area (Å²) < 4.78 is 0. The Bertz CT molecular complexity index is 774. The molecule has 0 unspecified atom stereocenters. The topological polar surface area (TPSA) is 61.3 Å². The van der Waals surface area contributed by atoms with Crippen LogP contribution in [0.1, 0.15) is 42.3 Å². The molecule has 2 aliphatic heterocycles. The van der Waals surface area contributed by atoms with E-state index in [4.69, 9.17) is 4.98 Å². The van der Waals surface area contributed by atoms with Gasteiger partial charge in [0.25, 0.3) is 0 Å². The van der Waals surface area contributed by atoms with E-state index in [9.17, 15) is 0 Å². The van der Waals surface area contributed by atoms with Gasteiger partial charge in [0.15, 0.2) is 0 Å². The van der Waals surface area contributed by atoms with Gasteiger partial charge in [-0.05, 0) is 32.6 Å². The Hall–Kier alpha value is -1.96. The summed E-state index contributed by atoms with van der Waals surface area (Å²) in [5.74, 6) is 2.66. The minimum Gasteiger partial charge on any atom is -0.353 e. The molecule has 5 rings (SSSR count). The molecule has 3 fully saturated rings. The van der Waals surface area contributed by atoms with Crippen molar-refractivity contribution in [2.75, 3.05) is 54.0 Å². The van der Waals surface area contributed by atoms with E-state index in [-0.39, 0.29) is 0 Å². The van der Waals surface area contributed by atoms with Gasteiger partial charge in [-0.3, -0.25) is 0 Å². The molecular formula is C18H25N7S. The lowest BCUT2D eigenvalue weighted by atomic mass is 10.3. The van der Waals surface area contributed by atoms with Gasteiger partial charge in [-0.25, -0.2) is 4.98 Å². The number of rotatable bonds is 4. The maximum absolute atomic E-state index is 4.87. The Kier molecular flexibility index (Phi) is 4.15. The van der Waals surface area contributed by atoms with Crippen molar-refractivity contribution in [3.8, 4) is 0 Å². The van der Waals surface area contributed by atoms with Crippen molar-refractivity contribution >= 4 is 28.2 Å².